The van der Waals surface area contributed by atoms with Gasteiger partial charge in [-0.05, 0) is 30.7 Å². The first-order valence-electron chi connectivity index (χ1n) is 11.9. The van der Waals surface area contributed by atoms with Gasteiger partial charge >= 0.3 is 5.69 Å². The lowest BCUT2D eigenvalue weighted by Gasteiger charge is -2.26. The molecule has 0 unspecified atom stereocenters. The Morgan fingerprint density at radius 1 is 1.29 bits per heavy atom. The van der Waals surface area contributed by atoms with Gasteiger partial charge in [0.2, 0.25) is 5.75 Å². The van der Waals surface area contributed by atoms with Crippen molar-refractivity contribution < 1.29 is 23.9 Å². The number of benzene rings is 2. The van der Waals surface area contributed by atoms with Crippen LogP contribution in [-0.2, 0) is 16.0 Å². The van der Waals surface area contributed by atoms with E-state index in [2.05, 4.69) is 26.0 Å². The number of rotatable bonds is 9. The molecular formula is C25H26BrN5O7. The highest BCUT2D eigenvalue weighted by molar-refractivity contribution is 9.10. The summed E-state index contributed by atoms with van der Waals surface area (Å²) in [5.74, 6) is 0.0367. The number of carbonyl (C=O) groups excluding carboxylic acids is 1. The number of amides is 1. The standard InChI is InChI=1S/C25H26BrN5O7/c1-3-4-22-28-19-6-5-17(26)13-18(19)25(33)30(22)27-14-16-11-20(31(34)35)24(21(12-16)36-2)38-15-23(32)29-7-9-37-10-8-29/h5-6,11-14H,3-4,7-10,15H2,1-2H3. The van der Waals surface area contributed by atoms with E-state index < -0.39 is 17.2 Å². The third-order valence-electron chi connectivity index (χ3n) is 5.85. The highest BCUT2D eigenvalue weighted by atomic mass is 79.9. The number of nitro groups is 1. The molecule has 0 aliphatic carbocycles. The second-order valence-corrected chi connectivity index (χ2v) is 9.33. The minimum Gasteiger partial charge on any atom is -0.493 e. The second kappa shape index (κ2) is 12.1. The number of aromatic nitrogens is 2. The van der Waals surface area contributed by atoms with Crippen molar-refractivity contribution in [3.63, 3.8) is 0 Å². The molecule has 4 rings (SSSR count). The minimum absolute atomic E-state index is 0.0529. The molecule has 0 radical (unpaired) electrons. The first kappa shape index (κ1) is 27.2. The predicted octanol–water partition coefficient (Wildman–Crippen LogP) is 3.15. The molecule has 38 heavy (non-hydrogen) atoms. The molecule has 1 saturated heterocycles. The summed E-state index contributed by atoms with van der Waals surface area (Å²) in [5, 5.41) is 16.6. The van der Waals surface area contributed by atoms with Crippen molar-refractivity contribution in [1.29, 1.82) is 0 Å². The Kier molecular flexibility index (Phi) is 8.69. The number of aryl methyl sites for hydroxylation is 1. The molecule has 200 valence electrons. The van der Waals surface area contributed by atoms with Gasteiger partial charge in [-0.25, -0.2) is 4.98 Å². The first-order chi connectivity index (χ1) is 18.3. The number of halogens is 1. The maximum Gasteiger partial charge on any atom is 0.315 e. The Bertz CT molecular complexity index is 1450. The molecule has 2 heterocycles. The normalized spacial score (nSPS) is 13.7. The third kappa shape index (κ3) is 6.00. The molecule has 1 amide bonds. The number of hydrogen-bond acceptors (Lipinski definition) is 9. The van der Waals surface area contributed by atoms with Crippen molar-refractivity contribution in [3.05, 3.63) is 66.7 Å². The van der Waals surface area contributed by atoms with Gasteiger partial charge in [-0.2, -0.15) is 9.78 Å². The number of nitro benzene ring substituents is 1. The molecule has 0 spiro atoms. The summed E-state index contributed by atoms with van der Waals surface area (Å²) in [6.07, 6.45) is 2.56. The Morgan fingerprint density at radius 3 is 2.74 bits per heavy atom. The lowest BCUT2D eigenvalue weighted by atomic mass is 10.2. The highest BCUT2D eigenvalue weighted by Crippen LogP contribution is 2.38. The van der Waals surface area contributed by atoms with Crippen LogP contribution in [0.5, 0.6) is 11.5 Å². The number of ether oxygens (including phenoxy) is 3. The van der Waals surface area contributed by atoms with Gasteiger partial charge < -0.3 is 19.1 Å². The smallest absolute Gasteiger partial charge is 0.315 e. The Labute approximate surface area is 226 Å². The number of methoxy groups -OCH3 is 1. The fraction of sp³-hybridized carbons (Fsp3) is 0.360. The maximum absolute atomic E-state index is 13.2. The largest absolute Gasteiger partial charge is 0.493 e. The van der Waals surface area contributed by atoms with E-state index >= 15 is 0 Å². The number of hydrogen-bond donors (Lipinski definition) is 0. The van der Waals surface area contributed by atoms with Gasteiger partial charge in [0.05, 0.1) is 42.4 Å². The van der Waals surface area contributed by atoms with Crippen LogP contribution in [-0.4, -0.2) is 71.6 Å². The molecule has 1 aromatic heterocycles. The van der Waals surface area contributed by atoms with E-state index in [0.717, 1.165) is 10.9 Å². The molecule has 0 saturated carbocycles. The molecule has 0 bridgehead atoms. The van der Waals surface area contributed by atoms with Gasteiger partial charge in [0.25, 0.3) is 11.5 Å². The zero-order chi connectivity index (χ0) is 27.2. The fourth-order valence-corrected chi connectivity index (χ4v) is 4.34. The number of morpholine rings is 1. The average molecular weight is 588 g/mol. The van der Waals surface area contributed by atoms with E-state index in [1.165, 1.54) is 30.1 Å². The van der Waals surface area contributed by atoms with Crippen molar-refractivity contribution in [2.75, 3.05) is 40.0 Å². The van der Waals surface area contributed by atoms with Crippen molar-refractivity contribution in [2.45, 2.75) is 19.8 Å². The SMILES string of the molecule is CCCc1nc2ccc(Br)cc2c(=O)n1N=Cc1cc(OC)c(OCC(=O)N2CCOCC2)c([N+](=O)[O-])c1. The van der Waals surface area contributed by atoms with Gasteiger partial charge in [-0.3, -0.25) is 19.7 Å². The predicted molar refractivity (Wildman–Crippen MR) is 143 cm³/mol. The van der Waals surface area contributed by atoms with Gasteiger partial charge in [0.1, 0.15) is 5.82 Å². The van der Waals surface area contributed by atoms with Crippen LogP contribution in [0.4, 0.5) is 5.69 Å². The Morgan fingerprint density at radius 2 is 2.05 bits per heavy atom. The van der Waals surface area contributed by atoms with Crippen LogP contribution in [0.3, 0.4) is 0 Å². The van der Waals surface area contributed by atoms with Gasteiger partial charge in [0, 0.05) is 35.6 Å². The van der Waals surface area contributed by atoms with E-state index in [9.17, 15) is 19.7 Å². The first-order valence-corrected chi connectivity index (χ1v) is 12.7. The van der Waals surface area contributed by atoms with Crippen LogP contribution < -0.4 is 15.0 Å². The van der Waals surface area contributed by atoms with Crippen LogP contribution in [0.2, 0.25) is 0 Å². The van der Waals surface area contributed by atoms with Crippen molar-refractivity contribution in [3.8, 4) is 11.5 Å². The average Bonchev–Trinajstić information content (AvgIpc) is 2.92. The summed E-state index contributed by atoms with van der Waals surface area (Å²) in [5.41, 5.74) is 0.0870. The lowest BCUT2D eigenvalue weighted by Crippen LogP contribution is -2.43. The summed E-state index contributed by atoms with van der Waals surface area (Å²) >= 11 is 3.37. The topological polar surface area (TPSA) is 138 Å². The zero-order valence-corrected chi connectivity index (χ0v) is 22.5. The quantitative estimate of drug-likeness (QED) is 0.211. The number of carbonyl (C=O) groups is 1. The van der Waals surface area contributed by atoms with Gasteiger partial charge in [-0.15, -0.1) is 0 Å². The molecule has 12 nitrogen and oxygen atoms in total. The van der Waals surface area contributed by atoms with E-state index in [0.29, 0.717) is 55.0 Å². The van der Waals surface area contributed by atoms with Gasteiger partial charge in [0.15, 0.2) is 12.4 Å². The Balaban J connectivity index is 1.68. The van der Waals surface area contributed by atoms with Crippen molar-refractivity contribution in [2.24, 2.45) is 5.10 Å². The van der Waals surface area contributed by atoms with Crippen LogP contribution in [0.1, 0.15) is 24.7 Å². The summed E-state index contributed by atoms with van der Waals surface area (Å²) < 4.78 is 18.1. The molecule has 1 fully saturated rings. The Hall–Kier alpha value is -3.84. The lowest BCUT2D eigenvalue weighted by molar-refractivity contribution is -0.385. The maximum atomic E-state index is 13.2. The zero-order valence-electron chi connectivity index (χ0n) is 20.9. The minimum atomic E-state index is -0.627. The highest BCUT2D eigenvalue weighted by Gasteiger charge is 2.25. The molecule has 0 N–H and O–H groups in total. The number of nitrogens with zero attached hydrogens (tertiary/aromatic N) is 5. The van der Waals surface area contributed by atoms with Crippen LogP contribution in [0.25, 0.3) is 10.9 Å². The molecule has 13 heteroatoms. The van der Waals surface area contributed by atoms with E-state index in [1.54, 1.807) is 17.0 Å². The second-order valence-electron chi connectivity index (χ2n) is 8.41. The molecule has 1 aliphatic heterocycles. The summed E-state index contributed by atoms with van der Waals surface area (Å²) in [7, 11) is 1.34. The van der Waals surface area contributed by atoms with Gasteiger partial charge in [-0.1, -0.05) is 22.9 Å². The molecule has 1 aliphatic rings. The monoisotopic (exact) mass is 587 g/mol. The molecule has 0 atom stereocenters. The number of fused-ring (bicyclic) bond motifs is 1. The summed E-state index contributed by atoms with van der Waals surface area (Å²) in [6.45, 7) is 3.28. The van der Waals surface area contributed by atoms with E-state index in [4.69, 9.17) is 14.2 Å². The van der Waals surface area contributed by atoms with Crippen molar-refractivity contribution >= 4 is 44.6 Å². The molecule has 3 aromatic rings. The fourth-order valence-electron chi connectivity index (χ4n) is 3.98. The van der Waals surface area contributed by atoms with E-state index in [1.807, 2.05) is 13.0 Å². The van der Waals surface area contributed by atoms with Crippen LogP contribution in [0, 0.1) is 10.1 Å². The van der Waals surface area contributed by atoms with Crippen molar-refractivity contribution in [1.82, 2.24) is 14.6 Å². The molecule has 2 aromatic carbocycles. The van der Waals surface area contributed by atoms with Crippen LogP contribution >= 0.6 is 15.9 Å². The summed E-state index contributed by atoms with van der Waals surface area (Å²) in [4.78, 5) is 43.1. The van der Waals surface area contributed by atoms with E-state index in [-0.39, 0.29) is 23.0 Å². The third-order valence-corrected chi connectivity index (χ3v) is 6.34. The van der Waals surface area contributed by atoms with Crippen LogP contribution in [0.15, 0.2) is 44.7 Å². The summed E-state index contributed by atoms with van der Waals surface area (Å²) in [6, 6.07) is 7.97. The molecular weight excluding hydrogens is 562 g/mol.